The maximum absolute atomic E-state index is 12.4. The number of carboxylic acid groups (broad SMARTS) is 1. The van der Waals surface area contributed by atoms with E-state index in [0.717, 1.165) is 19.3 Å². The lowest BCUT2D eigenvalue weighted by Crippen LogP contribution is -2.49. The van der Waals surface area contributed by atoms with Crippen LogP contribution >= 0.6 is 11.8 Å². The predicted molar refractivity (Wildman–Crippen MR) is 86.8 cm³/mol. The first-order valence-electron chi connectivity index (χ1n) is 7.75. The molecule has 21 heavy (non-hydrogen) atoms. The van der Waals surface area contributed by atoms with Crippen molar-refractivity contribution in [3.05, 3.63) is 0 Å². The quantitative estimate of drug-likeness (QED) is 0.757. The van der Waals surface area contributed by atoms with Crippen LogP contribution in [0.15, 0.2) is 0 Å². The van der Waals surface area contributed by atoms with Crippen molar-refractivity contribution in [1.29, 1.82) is 0 Å². The first-order chi connectivity index (χ1) is 9.93. The summed E-state index contributed by atoms with van der Waals surface area (Å²) in [5, 5.41) is 12.5. The smallest absolute Gasteiger partial charge is 0.317 e. The van der Waals surface area contributed by atoms with Gasteiger partial charge in [0, 0.05) is 30.3 Å². The van der Waals surface area contributed by atoms with Gasteiger partial charge < -0.3 is 15.3 Å². The molecule has 6 heteroatoms. The van der Waals surface area contributed by atoms with E-state index in [1.807, 2.05) is 25.6 Å². The van der Waals surface area contributed by atoms with E-state index in [-0.39, 0.29) is 24.5 Å². The van der Waals surface area contributed by atoms with Gasteiger partial charge in [0.2, 0.25) is 0 Å². The maximum atomic E-state index is 12.4. The lowest BCUT2D eigenvalue weighted by Gasteiger charge is -2.33. The molecule has 1 fully saturated rings. The average molecular weight is 316 g/mol. The number of carboxylic acids is 1. The first kappa shape index (κ1) is 18.1. The zero-order valence-corrected chi connectivity index (χ0v) is 14.1. The Morgan fingerprint density at radius 3 is 2.67 bits per heavy atom. The fraction of sp³-hybridized carbons (Fsp3) is 0.867. The summed E-state index contributed by atoms with van der Waals surface area (Å²) in [6.45, 7) is 4.42. The van der Waals surface area contributed by atoms with E-state index in [4.69, 9.17) is 5.11 Å². The Bertz CT molecular complexity index is 350. The minimum atomic E-state index is -0.811. The molecule has 2 N–H and O–H groups in total. The van der Waals surface area contributed by atoms with E-state index in [2.05, 4.69) is 11.6 Å². The second kappa shape index (κ2) is 9.18. The van der Waals surface area contributed by atoms with Crippen LogP contribution in [0.2, 0.25) is 0 Å². The molecule has 0 aromatic rings. The molecule has 0 aliphatic heterocycles. The number of nitrogens with one attached hydrogen (secondary N) is 1. The van der Waals surface area contributed by atoms with Crippen LogP contribution in [0.3, 0.4) is 0 Å². The number of rotatable bonds is 7. The molecule has 0 spiro atoms. The van der Waals surface area contributed by atoms with Crippen molar-refractivity contribution < 1.29 is 14.7 Å². The van der Waals surface area contributed by atoms with Gasteiger partial charge in [-0.15, -0.1) is 0 Å². The van der Waals surface area contributed by atoms with E-state index < -0.39 is 5.97 Å². The fourth-order valence-corrected chi connectivity index (χ4v) is 3.57. The standard InChI is InChI=1S/C15H28N2O3S/c1-11(2)17(9-5-8-14(18)19)15(20)16-12-6-4-7-13(10-12)21-3/h11-13H,4-10H2,1-3H3,(H,16,20)(H,18,19). The van der Waals surface area contributed by atoms with Gasteiger partial charge in [0.1, 0.15) is 0 Å². The minimum absolute atomic E-state index is 0.0536. The van der Waals surface area contributed by atoms with Gasteiger partial charge in [-0.05, 0) is 45.8 Å². The van der Waals surface area contributed by atoms with Crippen LogP contribution in [0.4, 0.5) is 4.79 Å². The van der Waals surface area contributed by atoms with Crippen molar-refractivity contribution in [2.24, 2.45) is 0 Å². The summed E-state index contributed by atoms with van der Waals surface area (Å²) in [5.41, 5.74) is 0. The van der Waals surface area contributed by atoms with Gasteiger partial charge in [0.25, 0.3) is 0 Å². The molecule has 0 heterocycles. The number of nitrogens with zero attached hydrogens (tertiary/aromatic N) is 1. The van der Waals surface area contributed by atoms with Crippen LogP contribution in [-0.4, -0.2) is 52.1 Å². The molecule has 0 saturated heterocycles. The van der Waals surface area contributed by atoms with Crippen LogP contribution < -0.4 is 5.32 Å². The third-order valence-electron chi connectivity index (χ3n) is 3.96. The monoisotopic (exact) mass is 316 g/mol. The summed E-state index contributed by atoms with van der Waals surface area (Å²) in [6, 6.07) is 0.283. The molecular weight excluding hydrogens is 288 g/mol. The highest BCUT2D eigenvalue weighted by atomic mass is 32.2. The zero-order valence-electron chi connectivity index (χ0n) is 13.3. The number of amides is 2. The van der Waals surface area contributed by atoms with Crippen LogP contribution in [0, 0.1) is 0 Å². The highest BCUT2D eigenvalue weighted by molar-refractivity contribution is 7.99. The number of thioether (sulfide) groups is 1. The lowest BCUT2D eigenvalue weighted by atomic mass is 9.95. The van der Waals surface area contributed by atoms with E-state index in [1.165, 1.54) is 6.42 Å². The van der Waals surface area contributed by atoms with E-state index in [0.29, 0.717) is 18.2 Å². The highest BCUT2D eigenvalue weighted by Crippen LogP contribution is 2.27. The van der Waals surface area contributed by atoms with Crippen molar-refractivity contribution in [2.75, 3.05) is 12.8 Å². The Hall–Kier alpha value is -0.910. The SMILES string of the molecule is CSC1CCCC(NC(=O)N(CCCC(=O)O)C(C)C)C1. The van der Waals surface area contributed by atoms with Gasteiger partial charge >= 0.3 is 12.0 Å². The summed E-state index contributed by atoms with van der Waals surface area (Å²) in [4.78, 5) is 24.7. The van der Waals surface area contributed by atoms with Crippen LogP contribution in [0.5, 0.6) is 0 Å². The number of carbonyl (C=O) groups is 2. The number of urea groups is 1. The van der Waals surface area contributed by atoms with E-state index in [9.17, 15) is 9.59 Å². The molecule has 2 atom stereocenters. The van der Waals surface area contributed by atoms with Crippen LogP contribution in [0.25, 0.3) is 0 Å². The highest BCUT2D eigenvalue weighted by Gasteiger charge is 2.25. The molecule has 1 saturated carbocycles. The number of carbonyl (C=O) groups excluding carboxylic acids is 1. The molecule has 2 amide bonds. The van der Waals surface area contributed by atoms with Crippen molar-refractivity contribution in [2.45, 2.75) is 69.7 Å². The Labute approximate surface area is 131 Å². The lowest BCUT2D eigenvalue weighted by molar-refractivity contribution is -0.137. The summed E-state index contributed by atoms with van der Waals surface area (Å²) in [7, 11) is 0. The largest absolute Gasteiger partial charge is 0.481 e. The second-order valence-electron chi connectivity index (χ2n) is 5.96. The molecule has 0 radical (unpaired) electrons. The van der Waals surface area contributed by atoms with Crippen molar-refractivity contribution in [3.8, 4) is 0 Å². The Balaban J connectivity index is 2.46. The van der Waals surface area contributed by atoms with Crippen LogP contribution in [-0.2, 0) is 4.79 Å². The zero-order chi connectivity index (χ0) is 15.8. The van der Waals surface area contributed by atoms with Crippen LogP contribution in [0.1, 0.15) is 52.4 Å². The van der Waals surface area contributed by atoms with E-state index in [1.54, 1.807) is 4.90 Å². The van der Waals surface area contributed by atoms with Gasteiger partial charge in [-0.2, -0.15) is 11.8 Å². The Kier molecular flexibility index (Phi) is 7.93. The molecule has 2 unspecified atom stereocenters. The molecule has 1 rings (SSSR count). The molecule has 1 aliphatic rings. The number of aliphatic carboxylic acids is 1. The number of hydrogen-bond donors (Lipinski definition) is 2. The average Bonchev–Trinajstić information content (AvgIpc) is 2.42. The number of hydrogen-bond acceptors (Lipinski definition) is 3. The molecule has 122 valence electrons. The van der Waals surface area contributed by atoms with Gasteiger partial charge in [-0.1, -0.05) is 6.42 Å². The van der Waals surface area contributed by atoms with Gasteiger partial charge in [0.15, 0.2) is 0 Å². The fourth-order valence-electron chi connectivity index (χ4n) is 2.74. The second-order valence-corrected chi connectivity index (χ2v) is 7.09. The summed E-state index contributed by atoms with van der Waals surface area (Å²) < 4.78 is 0. The topological polar surface area (TPSA) is 69.6 Å². The van der Waals surface area contributed by atoms with E-state index >= 15 is 0 Å². The third kappa shape index (κ3) is 6.59. The maximum Gasteiger partial charge on any atom is 0.317 e. The molecular formula is C15H28N2O3S. The van der Waals surface area contributed by atoms with Gasteiger partial charge in [-0.25, -0.2) is 4.79 Å². The van der Waals surface area contributed by atoms with Gasteiger partial charge in [-0.3, -0.25) is 4.79 Å². The third-order valence-corrected chi connectivity index (χ3v) is 5.06. The normalized spacial score (nSPS) is 22.1. The Morgan fingerprint density at radius 1 is 1.38 bits per heavy atom. The summed E-state index contributed by atoms with van der Waals surface area (Å²) >= 11 is 1.88. The molecule has 0 aromatic carbocycles. The van der Waals surface area contributed by atoms with Crippen molar-refractivity contribution >= 4 is 23.8 Å². The molecule has 0 aromatic heterocycles. The summed E-state index contributed by atoms with van der Waals surface area (Å²) in [6.07, 6.45) is 7.21. The Morgan fingerprint density at radius 2 is 2.10 bits per heavy atom. The summed E-state index contributed by atoms with van der Waals surface area (Å²) in [5.74, 6) is -0.811. The molecule has 1 aliphatic carbocycles. The first-order valence-corrected chi connectivity index (χ1v) is 9.04. The van der Waals surface area contributed by atoms with Crippen molar-refractivity contribution in [1.82, 2.24) is 10.2 Å². The molecule has 5 nitrogen and oxygen atoms in total. The van der Waals surface area contributed by atoms with Gasteiger partial charge in [0.05, 0.1) is 0 Å². The molecule has 0 bridgehead atoms. The minimum Gasteiger partial charge on any atom is -0.481 e. The van der Waals surface area contributed by atoms with Crippen molar-refractivity contribution in [3.63, 3.8) is 0 Å². The predicted octanol–water partition coefficient (Wildman–Crippen LogP) is 2.95.